The minimum absolute atomic E-state index is 0.0262. The molecule has 2 N–H and O–H groups in total. The molecular weight excluding hydrogens is 685 g/mol. The summed E-state index contributed by atoms with van der Waals surface area (Å²) < 4.78 is 25.1. The van der Waals surface area contributed by atoms with Crippen molar-refractivity contribution < 1.29 is 38.0 Å². The van der Waals surface area contributed by atoms with Gasteiger partial charge in [-0.05, 0) is 51.4 Å². The van der Waals surface area contributed by atoms with E-state index in [4.69, 9.17) is 9.05 Å². The fourth-order valence-corrected chi connectivity index (χ4v) is 8.54. The van der Waals surface area contributed by atoms with E-state index in [9.17, 15) is 24.5 Å². The van der Waals surface area contributed by atoms with Crippen molar-refractivity contribution in [2.45, 2.75) is 231 Å². The van der Waals surface area contributed by atoms with Crippen LogP contribution in [0.2, 0.25) is 0 Å². The van der Waals surface area contributed by atoms with Crippen LogP contribution >= 0.6 is 7.82 Å². The van der Waals surface area contributed by atoms with Crippen LogP contribution in [0.1, 0.15) is 213 Å². The van der Waals surface area contributed by atoms with Crippen molar-refractivity contribution in [3.8, 4) is 0 Å². The summed E-state index contributed by atoms with van der Waals surface area (Å²) >= 11 is 0. The van der Waals surface area contributed by atoms with Gasteiger partial charge in [0.1, 0.15) is 18.8 Å². The number of carbonyl (C=O) groups excluding carboxylic acids is 1. The van der Waals surface area contributed by atoms with Crippen molar-refractivity contribution in [1.29, 1.82) is 0 Å². The first-order chi connectivity index (χ1) is 25.4. The normalized spacial score (nSPS) is 15.8. The lowest BCUT2D eigenvalue weighted by molar-refractivity contribution is -0.873. The number of ketones is 1. The summed E-state index contributed by atoms with van der Waals surface area (Å²) in [7, 11) is 0.847. The van der Waals surface area contributed by atoms with Gasteiger partial charge >= 0.3 is 0 Å². The fraction of sp³-hybridized carbons (Fsp3) is 0.932. The largest absolute Gasteiger partial charge is 0.756 e. The van der Waals surface area contributed by atoms with Crippen LogP contribution in [0.4, 0.5) is 0 Å². The number of Topliss-reactive ketones (excluding diaryl/α,β-unsaturated/α-hetero) is 1. The van der Waals surface area contributed by atoms with Crippen LogP contribution in [-0.4, -0.2) is 72.6 Å². The van der Waals surface area contributed by atoms with Gasteiger partial charge in [-0.1, -0.05) is 168 Å². The van der Waals surface area contributed by atoms with Gasteiger partial charge in [0, 0.05) is 6.42 Å². The summed E-state index contributed by atoms with van der Waals surface area (Å²) in [5, 5.41) is 21.2. The first-order valence-corrected chi connectivity index (χ1v) is 23.8. The number of phosphoric ester groups is 1. The molecular formula is C44H88NO7P. The quantitative estimate of drug-likeness (QED) is 0.0276. The molecule has 0 aromatic heterocycles. The van der Waals surface area contributed by atoms with E-state index >= 15 is 0 Å². The average Bonchev–Trinajstić information content (AvgIpc) is 3.11. The maximum Gasteiger partial charge on any atom is 0.269 e. The first kappa shape index (κ1) is 52.4. The van der Waals surface area contributed by atoms with Gasteiger partial charge in [0.15, 0.2) is 11.4 Å². The molecule has 3 unspecified atom stereocenters. The lowest BCUT2D eigenvalue weighted by atomic mass is 9.84. The molecule has 0 aliphatic rings. The third-order valence-electron chi connectivity index (χ3n) is 10.5. The maximum atomic E-state index is 13.9. The fourth-order valence-electron chi connectivity index (χ4n) is 7.20. The average molecular weight is 774 g/mol. The van der Waals surface area contributed by atoms with Crippen LogP contribution in [0.25, 0.3) is 0 Å². The SMILES string of the molecule is CCCCCCCC/C=C\CCCCCCCC(=O)C(CCCCCCCCCCCCCCCC)(OP(=O)([O-])OC(CC)C[N+](C)(C)C)[C@@H](O)CO. The number of carbonyl (C=O) groups is 1. The highest BCUT2D eigenvalue weighted by atomic mass is 31.2. The predicted octanol–water partition coefficient (Wildman–Crippen LogP) is 11.5. The van der Waals surface area contributed by atoms with Gasteiger partial charge in [0.25, 0.3) is 7.82 Å². The van der Waals surface area contributed by atoms with E-state index in [1.807, 2.05) is 28.1 Å². The molecule has 0 saturated heterocycles. The van der Waals surface area contributed by atoms with Crippen molar-refractivity contribution in [3.05, 3.63) is 12.2 Å². The summed E-state index contributed by atoms with van der Waals surface area (Å²) in [6.07, 6.45) is 33.9. The Bertz CT molecular complexity index is 924. The highest BCUT2D eigenvalue weighted by Gasteiger charge is 2.48. The lowest BCUT2D eigenvalue weighted by Gasteiger charge is -2.41. The third-order valence-corrected chi connectivity index (χ3v) is 11.6. The van der Waals surface area contributed by atoms with Crippen LogP contribution in [0.3, 0.4) is 0 Å². The molecule has 0 rings (SSSR count). The Balaban J connectivity index is 5.07. The van der Waals surface area contributed by atoms with E-state index in [1.165, 1.54) is 103 Å². The zero-order valence-corrected chi connectivity index (χ0v) is 36.7. The zero-order valence-electron chi connectivity index (χ0n) is 35.8. The molecule has 0 heterocycles. The van der Waals surface area contributed by atoms with E-state index in [0.717, 1.165) is 57.8 Å². The van der Waals surface area contributed by atoms with Crippen LogP contribution in [0.5, 0.6) is 0 Å². The number of nitrogens with zero attached hydrogens (tertiary/aromatic N) is 1. The standard InChI is InChI=1S/C44H88NO7P/c1-7-10-12-14-16-18-20-22-24-25-27-29-31-33-35-37-42(47)44(43(48)40-46,52-53(49,50)51-41(9-3)39-45(4,5)6)38-36-34-32-30-28-26-23-21-19-17-15-13-11-8-2/h22,24,41,43,46,48H,7-21,23,25-40H2,1-6H3/b24-22-/t41?,43-,44?/m0/s1. The molecule has 0 spiro atoms. The van der Waals surface area contributed by atoms with E-state index in [0.29, 0.717) is 30.3 Å². The summed E-state index contributed by atoms with van der Waals surface area (Å²) in [5.41, 5.74) is -2.06. The zero-order chi connectivity index (χ0) is 39.7. The van der Waals surface area contributed by atoms with Crippen molar-refractivity contribution in [2.24, 2.45) is 0 Å². The minimum atomic E-state index is -5.02. The number of unbranched alkanes of at least 4 members (excludes halogenated alkanes) is 24. The molecule has 0 fully saturated rings. The summed E-state index contributed by atoms with van der Waals surface area (Å²) in [6.45, 7) is 6.01. The van der Waals surface area contributed by atoms with Crippen LogP contribution in [0, 0.1) is 0 Å². The molecule has 0 aliphatic heterocycles. The smallest absolute Gasteiger partial charge is 0.269 e. The lowest BCUT2D eigenvalue weighted by Crippen LogP contribution is -2.54. The molecule has 0 aromatic carbocycles. The summed E-state index contributed by atoms with van der Waals surface area (Å²) in [5.74, 6) is -0.467. The Morgan fingerprint density at radius 1 is 0.679 bits per heavy atom. The van der Waals surface area contributed by atoms with E-state index < -0.39 is 38.0 Å². The Morgan fingerprint density at radius 2 is 1.08 bits per heavy atom. The van der Waals surface area contributed by atoms with E-state index in [1.54, 1.807) is 0 Å². The monoisotopic (exact) mass is 774 g/mol. The number of aliphatic hydroxyl groups is 2. The molecule has 9 heteroatoms. The van der Waals surface area contributed by atoms with Gasteiger partial charge in [-0.2, -0.15) is 0 Å². The summed E-state index contributed by atoms with van der Waals surface area (Å²) in [4.78, 5) is 27.3. The van der Waals surface area contributed by atoms with Gasteiger partial charge < -0.3 is 28.6 Å². The number of hydrogen-bond donors (Lipinski definition) is 2. The number of phosphoric acid groups is 1. The topological polar surface area (TPSA) is 116 Å². The van der Waals surface area contributed by atoms with E-state index in [2.05, 4.69) is 26.0 Å². The predicted molar refractivity (Wildman–Crippen MR) is 222 cm³/mol. The third kappa shape index (κ3) is 29.3. The highest BCUT2D eigenvalue weighted by molar-refractivity contribution is 7.46. The Morgan fingerprint density at radius 3 is 1.47 bits per heavy atom. The van der Waals surface area contributed by atoms with Gasteiger partial charge in [-0.25, -0.2) is 0 Å². The molecule has 8 nitrogen and oxygen atoms in total. The van der Waals surface area contributed by atoms with Gasteiger partial charge in [-0.3, -0.25) is 9.36 Å². The molecule has 0 saturated carbocycles. The number of quaternary nitrogens is 1. The second-order valence-electron chi connectivity index (χ2n) is 16.8. The number of rotatable bonds is 40. The minimum Gasteiger partial charge on any atom is -0.756 e. The molecule has 0 aliphatic carbocycles. The van der Waals surface area contributed by atoms with Crippen molar-refractivity contribution in [3.63, 3.8) is 0 Å². The van der Waals surface area contributed by atoms with Crippen LogP contribution < -0.4 is 4.89 Å². The molecule has 53 heavy (non-hydrogen) atoms. The number of aliphatic hydroxyl groups excluding tert-OH is 2. The number of likely N-dealkylation sites (N-methyl/N-ethyl adjacent to an activating group) is 1. The number of allylic oxidation sites excluding steroid dienone is 2. The second-order valence-corrected chi connectivity index (χ2v) is 18.1. The Labute approximate surface area is 328 Å². The van der Waals surface area contributed by atoms with Gasteiger partial charge in [0.2, 0.25) is 0 Å². The molecule has 0 radical (unpaired) electrons. The van der Waals surface area contributed by atoms with Crippen LogP contribution in [0.15, 0.2) is 12.2 Å². The molecule has 0 bridgehead atoms. The summed E-state index contributed by atoms with van der Waals surface area (Å²) in [6, 6.07) is 0. The first-order valence-electron chi connectivity index (χ1n) is 22.3. The van der Waals surface area contributed by atoms with Crippen molar-refractivity contribution >= 4 is 13.6 Å². The Kier molecular flexibility index (Phi) is 33.2. The maximum absolute atomic E-state index is 13.9. The Hall–Kier alpha value is -0.600. The highest BCUT2D eigenvalue weighted by Crippen LogP contribution is 2.48. The second kappa shape index (κ2) is 33.5. The number of hydrogen-bond acceptors (Lipinski definition) is 7. The molecule has 0 aromatic rings. The van der Waals surface area contributed by atoms with Crippen molar-refractivity contribution in [2.75, 3.05) is 34.3 Å². The molecule has 4 atom stereocenters. The molecule has 0 amide bonds. The van der Waals surface area contributed by atoms with Crippen LogP contribution in [-0.2, 0) is 18.4 Å². The van der Waals surface area contributed by atoms with Gasteiger partial charge in [-0.15, -0.1) is 0 Å². The molecule has 316 valence electrons. The van der Waals surface area contributed by atoms with E-state index in [-0.39, 0.29) is 12.8 Å². The van der Waals surface area contributed by atoms with Gasteiger partial charge in [0.05, 0.1) is 27.7 Å². The van der Waals surface area contributed by atoms with Crippen molar-refractivity contribution in [1.82, 2.24) is 0 Å².